The number of fused-ring (bicyclic) bond motifs is 1. The summed E-state index contributed by atoms with van der Waals surface area (Å²) in [5.41, 5.74) is 1.26. The Kier molecular flexibility index (Phi) is 3.83. The van der Waals surface area contributed by atoms with Crippen LogP contribution in [0.15, 0.2) is 34.9 Å². The molecule has 4 rings (SSSR count). The Bertz CT molecular complexity index is 893. The summed E-state index contributed by atoms with van der Waals surface area (Å²) in [7, 11) is 1.49. The highest BCUT2D eigenvalue weighted by molar-refractivity contribution is 5.49. The minimum atomic E-state index is -2.93. The van der Waals surface area contributed by atoms with E-state index in [-0.39, 0.29) is 23.4 Å². The molecule has 1 atom stereocenters. The first-order valence-electron chi connectivity index (χ1n) is 7.66. The molecule has 3 aromatic rings. The van der Waals surface area contributed by atoms with Gasteiger partial charge in [0.05, 0.1) is 12.5 Å². The van der Waals surface area contributed by atoms with Crippen LogP contribution in [0.5, 0.6) is 11.6 Å². The van der Waals surface area contributed by atoms with Gasteiger partial charge in [-0.05, 0) is 12.5 Å². The van der Waals surface area contributed by atoms with Crippen molar-refractivity contribution in [1.82, 2.24) is 19.9 Å². The number of hydrogen-bond acceptors (Lipinski definition) is 6. The molecule has 130 valence electrons. The summed E-state index contributed by atoms with van der Waals surface area (Å²) in [4.78, 5) is 4.38. The predicted octanol–water partition coefficient (Wildman–Crippen LogP) is 2.99. The van der Waals surface area contributed by atoms with E-state index >= 15 is 0 Å². The minimum Gasteiger partial charge on any atom is -0.493 e. The third kappa shape index (κ3) is 2.92. The molecule has 2 aromatic heterocycles. The third-order valence-electron chi connectivity index (χ3n) is 3.98. The molecule has 0 N–H and O–H groups in total. The highest BCUT2D eigenvalue weighted by atomic mass is 19.3. The highest BCUT2D eigenvalue weighted by Crippen LogP contribution is 2.37. The molecule has 3 heterocycles. The van der Waals surface area contributed by atoms with Crippen molar-refractivity contribution in [1.29, 1.82) is 0 Å². The van der Waals surface area contributed by atoms with E-state index in [2.05, 4.69) is 20.0 Å². The molecular weight excluding hydrogens is 334 g/mol. The van der Waals surface area contributed by atoms with Gasteiger partial charge in [-0.1, -0.05) is 23.4 Å². The van der Waals surface area contributed by atoms with Crippen LogP contribution < -0.4 is 9.47 Å². The molecule has 0 radical (unpaired) electrons. The summed E-state index contributed by atoms with van der Waals surface area (Å²) in [5, 5.41) is 8.11. The summed E-state index contributed by atoms with van der Waals surface area (Å²) < 4.78 is 41.2. The van der Waals surface area contributed by atoms with Crippen LogP contribution in [-0.2, 0) is 7.05 Å². The average Bonchev–Trinajstić information content (AvgIpc) is 3.21. The molecule has 1 aromatic carbocycles. The normalized spacial score (nSPS) is 16.6. The van der Waals surface area contributed by atoms with E-state index < -0.39 is 6.61 Å². The summed E-state index contributed by atoms with van der Waals surface area (Å²) in [5.74, 6) is 1.33. The first-order chi connectivity index (χ1) is 12.1. The van der Waals surface area contributed by atoms with E-state index in [4.69, 9.17) is 9.26 Å². The van der Waals surface area contributed by atoms with E-state index in [1.54, 1.807) is 0 Å². The summed E-state index contributed by atoms with van der Waals surface area (Å²) in [6.45, 7) is -2.37. The van der Waals surface area contributed by atoms with E-state index in [0.29, 0.717) is 12.4 Å². The lowest BCUT2D eigenvalue weighted by molar-refractivity contribution is -0.0553. The standard InChI is InChI=1S/C16H14F2N4O3/c1-22-13(24-16(17)18)8-11(20-22)15-19-14(21-25-15)10-6-7-23-12-5-3-2-4-9(10)12/h2-5,8,10,16H,6-7H2,1H3. The van der Waals surface area contributed by atoms with Gasteiger partial charge in [0, 0.05) is 18.7 Å². The molecule has 1 aliphatic rings. The summed E-state index contributed by atoms with van der Waals surface area (Å²) in [6.07, 6.45) is 0.720. The molecule has 0 bridgehead atoms. The minimum absolute atomic E-state index is 0.0528. The van der Waals surface area contributed by atoms with Crippen molar-refractivity contribution in [3.63, 3.8) is 0 Å². The number of para-hydroxylation sites is 1. The first-order valence-corrected chi connectivity index (χ1v) is 7.66. The maximum atomic E-state index is 12.4. The fourth-order valence-corrected chi connectivity index (χ4v) is 2.85. The zero-order valence-electron chi connectivity index (χ0n) is 13.2. The van der Waals surface area contributed by atoms with E-state index in [0.717, 1.165) is 17.7 Å². The number of alkyl halides is 2. The number of aromatic nitrogens is 4. The van der Waals surface area contributed by atoms with Crippen molar-refractivity contribution < 1.29 is 22.8 Å². The van der Waals surface area contributed by atoms with Gasteiger partial charge >= 0.3 is 6.61 Å². The summed E-state index contributed by atoms with van der Waals surface area (Å²) in [6, 6.07) is 9.02. The lowest BCUT2D eigenvalue weighted by atomic mass is 9.92. The molecule has 0 amide bonds. The molecule has 1 unspecified atom stereocenters. The number of rotatable bonds is 4. The lowest BCUT2D eigenvalue weighted by Gasteiger charge is -2.23. The maximum absolute atomic E-state index is 12.4. The Balaban J connectivity index is 1.63. The monoisotopic (exact) mass is 348 g/mol. The van der Waals surface area contributed by atoms with Crippen LogP contribution in [-0.4, -0.2) is 33.1 Å². The molecule has 0 spiro atoms. The van der Waals surface area contributed by atoms with Crippen LogP contribution in [0, 0.1) is 0 Å². The van der Waals surface area contributed by atoms with Gasteiger partial charge in [-0.15, -0.1) is 0 Å². The van der Waals surface area contributed by atoms with Crippen molar-refractivity contribution in [2.75, 3.05) is 6.61 Å². The third-order valence-corrected chi connectivity index (χ3v) is 3.98. The quantitative estimate of drug-likeness (QED) is 0.721. The number of aryl methyl sites for hydroxylation is 1. The lowest BCUT2D eigenvalue weighted by Crippen LogP contribution is -2.16. The van der Waals surface area contributed by atoms with Crippen molar-refractivity contribution in [2.45, 2.75) is 19.0 Å². The maximum Gasteiger partial charge on any atom is 0.388 e. The van der Waals surface area contributed by atoms with E-state index in [9.17, 15) is 8.78 Å². The van der Waals surface area contributed by atoms with E-state index in [1.807, 2.05) is 24.3 Å². The molecule has 25 heavy (non-hydrogen) atoms. The fourth-order valence-electron chi connectivity index (χ4n) is 2.85. The molecule has 7 nitrogen and oxygen atoms in total. The SMILES string of the molecule is Cn1nc(-c2nc(C3CCOc4ccccc43)no2)cc1OC(F)F. The second-order valence-corrected chi connectivity index (χ2v) is 5.56. The smallest absolute Gasteiger partial charge is 0.388 e. The largest absolute Gasteiger partial charge is 0.493 e. The van der Waals surface area contributed by atoms with Gasteiger partial charge in [-0.2, -0.15) is 18.9 Å². The molecule has 0 aliphatic carbocycles. The second-order valence-electron chi connectivity index (χ2n) is 5.56. The number of hydrogen-bond donors (Lipinski definition) is 0. The van der Waals surface area contributed by atoms with Gasteiger partial charge in [0.2, 0.25) is 5.88 Å². The van der Waals surface area contributed by atoms with Gasteiger partial charge in [0.1, 0.15) is 5.75 Å². The Labute approximate surface area is 141 Å². The van der Waals surface area contributed by atoms with Crippen LogP contribution in [0.4, 0.5) is 8.78 Å². The Hall–Kier alpha value is -2.97. The van der Waals surface area contributed by atoms with Crippen molar-refractivity contribution >= 4 is 0 Å². The molecular formula is C16H14F2N4O3. The Morgan fingerprint density at radius 1 is 1.32 bits per heavy atom. The topological polar surface area (TPSA) is 75.2 Å². The van der Waals surface area contributed by atoms with Gasteiger partial charge in [0.25, 0.3) is 5.89 Å². The zero-order valence-corrected chi connectivity index (χ0v) is 13.2. The van der Waals surface area contributed by atoms with Crippen LogP contribution in [0.2, 0.25) is 0 Å². The van der Waals surface area contributed by atoms with Crippen molar-refractivity contribution in [3.8, 4) is 23.2 Å². The van der Waals surface area contributed by atoms with Gasteiger partial charge in [-0.25, -0.2) is 4.68 Å². The number of ether oxygens (including phenoxy) is 2. The predicted molar refractivity (Wildman–Crippen MR) is 81.5 cm³/mol. The molecule has 1 aliphatic heterocycles. The molecule has 0 fully saturated rings. The van der Waals surface area contributed by atoms with E-state index in [1.165, 1.54) is 17.8 Å². The number of nitrogens with zero attached hydrogens (tertiary/aromatic N) is 4. The van der Waals surface area contributed by atoms with Gasteiger partial charge in [-0.3, -0.25) is 0 Å². The average molecular weight is 348 g/mol. The Morgan fingerprint density at radius 2 is 2.16 bits per heavy atom. The molecule has 0 saturated carbocycles. The molecule has 9 heteroatoms. The van der Waals surface area contributed by atoms with Gasteiger partial charge < -0.3 is 14.0 Å². The van der Waals surface area contributed by atoms with Crippen molar-refractivity contribution in [2.24, 2.45) is 7.05 Å². The first kappa shape index (κ1) is 15.6. The van der Waals surface area contributed by atoms with Crippen LogP contribution in [0.1, 0.15) is 23.7 Å². The highest BCUT2D eigenvalue weighted by Gasteiger charge is 2.28. The van der Waals surface area contributed by atoms with Gasteiger partial charge in [0.15, 0.2) is 11.5 Å². The van der Waals surface area contributed by atoms with Crippen LogP contribution in [0.3, 0.4) is 0 Å². The second kappa shape index (κ2) is 6.15. The number of benzene rings is 1. The molecule has 0 saturated heterocycles. The van der Waals surface area contributed by atoms with Crippen LogP contribution >= 0.6 is 0 Å². The van der Waals surface area contributed by atoms with Crippen LogP contribution in [0.25, 0.3) is 11.6 Å². The zero-order chi connectivity index (χ0) is 17.4. The summed E-state index contributed by atoms with van der Waals surface area (Å²) >= 11 is 0. The number of halogens is 2. The fraction of sp³-hybridized carbons (Fsp3) is 0.312. The van der Waals surface area contributed by atoms with Crippen molar-refractivity contribution in [3.05, 3.63) is 41.7 Å². The Morgan fingerprint density at radius 3 is 3.00 bits per heavy atom.